The van der Waals surface area contributed by atoms with Crippen LogP contribution in [-0.4, -0.2) is 10.4 Å². The molecule has 0 rings (SSSR count). The maximum absolute atomic E-state index is 10.1. The molecule has 0 aromatic heterocycles. The molecule has 0 spiro atoms. The van der Waals surface area contributed by atoms with E-state index in [-0.39, 0.29) is 23.2 Å². The summed E-state index contributed by atoms with van der Waals surface area (Å²) in [4.78, 5) is 10.1. The van der Waals surface area contributed by atoms with Gasteiger partial charge >= 0.3 is 67.2 Å². The van der Waals surface area contributed by atoms with Crippen molar-refractivity contribution in [2.24, 2.45) is 0 Å². The first-order valence-corrected chi connectivity index (χ1v) is 9.45. The standard InChI is InChI=1S/C2H2ClI2O2/c3-7-2(6)1-5-4/h1H2/q-1. The van der Waals surface area contributed by atoms with Gasteiger partial charge in [0.1, 0.15) is 0 Å². The average molecular weight is 347 g/mol. The molecule has 0 amide bonds. The Bertz CT molecular complexity index is 66.7. The van der Waals surface area contributed by atoms with Crippen LogP contribution < -0.4 is 17.2 Å². The van der Waals surface area contributed by atoms with Crippen LogP contribution in [0.2, 0.25) is 0 Å². The molecule has 0 unspecified atom stereocenters. The quantitative estimate of drug-likeness (QED) is 0.432. The van der Waals surface area contributed by atoms with Crippen LogP contribution in [0.15, 0.2) is 0 Å². The van der Waals surface area contributed by atoms with Gasteiger partial charge in [-0.1, -0.05) is 0 Å². The van der Waals surface area contributed by atoms with Gasteiger partial charge in [0.2, 0.25) is 0 Å². The predicted octanol–water partition coefficient (Wildman–Crippen LogP) is -1.88. The van der Waals surface area contributed by atoms with Crippen molar-refractivity contribution in [1.82, 2.24) is 0 Å². The van der Waals surface area contributed by atoms with Crippen LogP contribution in [0.25, 0.3) is 0 Å². The number of alkyl halides is 1. The van der Waals surface area contributed by atoms with Gasteiger partial charge in [-0.25, -0.2) is 0 Å². The van der Waals surface area contributed by atoms with Gasteiger partial charge in [-0.3, -0.25) is 0 Å². The van der Waals surface area contributed by atoms with E-state index in [0.717, 1.165) is 0 Å². The molecule has 0 saturated heterocycles. The fourth-order valence-corrected chi connectivity index (χ4v) is 2.27. The van der Waals surface area contributed by atoms with E-state index in [1.54, 1.807) is 0 Å². The van der Waals surface area contributed by atoms with Crippen LogP contribution >= 0.6 is 30.5 Å². The zero-order valence-electron chi connectivity index (χ0n) is 3.16. The first-order chi connectivity index (χ1) is 3.31. The van der Waals surface area contributed by atoms with Crippen molar-refractivity contribution in [2.75, 3.05) is 4.43 Å². The van der Waals surface area contributed by atoms with E-state index in [1.807, 2.05) is 0 Å². The fourth-order valence-electron chi connectivity index (χ4n) is 0.0619. The third kappa shape index (κ3) is 5.09. The molecular formula is C2H2ClI2O2-. The van der Waals surface area contributed by atoms with Crippen LogP contribution in [0.4, 0.5) is 0 Å². The van der Waals surface area contributed by atoms with Crippen molar-refractivity contribution >= 4 is 36.5 Å². The van der Waals surface area contributed by atoms with Crippen LogP contribution in [0.5, 0.6) is 0 Å². The summed E-state index contributed by atoms with van der Waals surface area (Å²) in [5.74, 6) is -0.316. The summed E-state index contributed by atoms with van der Waals surface area (Å²) < 4.78 is 4.35. The molecule has 0 saturated carbocycles. The van der Waals surface area contributed by atoms with Gasteiger partial charge in [0, 0.05) is 0 Å². The maximum atomic E-state index is 10.1. The molecular weight excluding hydrogens is 345 g/mol. The second-order valence-corrected chi connectivity index (χ2v) is 6.05. The van der Waals surface area contributed by atoms with E-state index >= 15 is 0 Å². The van der Waals surface area contributed by atoms with E-state index in [1.165, 1.54) is 0 Å². The van der Waals surface area contributed by atoms with Gasteiger partial charge < -0.3 is 0 Å². The summed E-state index contributed by atoms with van der Waals surface area (Å²) in [7, 11) is 0. The van der Waals surface area contributed by atoms with Crippen molar-refractivity contribution < 1.29 is 26.3 Å². The molecule has 0 heterocycles. The Morgan fingerprint density at radius 3 is 2.71 bits per heavy atom. The van der Waals surface area contributed by atoms with Crippen molar-refractivity contribution in [2.45, 2.75) is 0 Å². The van der Waals surface area contributed by atoms with E-state index in [0.29, 0.717) is 4.43 Å². The summed E-state index contributed by atoms with van der Waals surface area (Å²) >= 11 is 6.84. The van der Waals surface area contributed by atoms with Crippen molar-refractivity contribution in [3.8, 4) is 0 Å². The van der Waals surface area contributed by atoms with Crippen LogP contribution in [-0.2, 0) is 9.08 Å². The van der Waals surface area contributed by atoms with Crippen molar-refractivity contribution in [3.63, 3.8) is 0 Å². The first kappa shape index (κ1) is 8.22. The Morgan fingerprint density at radius 2 is 2.57 bits per heavy atom. The normalized spacial score (nSPS) is 8.86. The van der Waals surface area contributed by atoms with Gasteiger partial charge in [-0.15, -0.1) is 0 Å². The Labute approximate surface area is 66.5 Å². The summed E-state index contributed by atoms with van der Waals surface area (Å²) in [6.45, 7) is 0. The van der Waals surface area contributed by atoms with E-state index < -0.39 is 0 Å². The fraction of sp³-hybridized carbons (Fsp3) is 0.500. The molecule has 0 aliphatic carbocycles. The molecule has 0 fully saturated rings. The summed E-state index contributed by atoms with van der Waals surface area (Å²) in [5, 5.41) is 0. The molecule has 0 aromatic carbocycles. The second-order valence-electron chi connectivity index (χ2n) is 0.684. The zero-order chi connectivity index (χ0) is 5.70. The summed E-state index contributed by atoms with van der Waals surface area (Å²) in [5.41, 5.74) is 0. The molecule has 44 valence electrons. The van der Waals surface area contributed by atoms with Crippen LogP contribution in [0, 0.1) is 0 Å². The molecule has 5 heteroatoms. The minimum absolute atomic E-state index is 0.0282. The van der Waals surface area contributed by atoms with E-state index in [2.05, 4.69) is 22.9 Å². The predicted molar refractivity (Wildman–Crippen MR) is 30.8 cm³/mol. The van der Waals surface area contributed by atoms with Gasteiger partial charge in [-0.05, 0) is 0 Å². The SMILES string of the molecule is O=C(C[I-]I)OCl. The van der Waals surface area contributed by atoms with E-state index in [9.17, 15) is 4.79 Å². The van der Waals surface area contributed by atoms with Crippen molar-refractivity contribution in [3.05, 3.63) is 0 Å². The molecule has 0 atom stereocenters. The molecule has 7 heavy (non-hydrogen) atoms. The third-order valence-corrected chi connectivity index (χ3v) is 3.26. The second kappa shape index (κ2) is 5.36. The minimum atomic E-state index is -0.316. The topological polar surface area (TPSA) is 26.3 Å². The molecule has 0 N–H and O–H groups in total. The average Bonchev–Trinajstić information content (AvgIpc) is 1.68. The zero-order valence-corrected chi connectivity index (χ0v) is 8.23. The molecule has 2 nitrogen and oxygen atoms in total. The Kier molecular flexibility index (Phi) is 6.29. The van der Waals surface area contributed by atoms with Gasteiger partial charge in [0.25, 0.3) is 0 Å². The number of carbonyl (C=O) groups excluding carboxylic acids is 1. The molecule has 0 radical (unpaired) electrons. The Morgan fingerprint density at radius 1 is 2.00 bits per heavy atom. The first-order valence-electron chi connectivity index (χ1n) is 1.33. The number of hydrogen-bond donors (Lipinski definition) is 0. The van der Waals surface area contributed by atoms with Crippen LogP contribution in [0.3, 0.4) is 0 Å². The van der Waals surface area contributed by atoms with Crippen molar-refractivity contribution in [1.29, 1.82) is 0 Å². The molecule has 0 bridgehead atoms. The van der Waals surface area contributed by atoms with Gasteiger partial charge in [0.15, 0.2) is 0 Å². The monoisotopic (exact) mass is 347 g/mol. The van der Waals surface area contributed by atoms with Gasteiger partial charge in [-0.2, -0.15) is 0 Å². The molecule has 0 aromatic rings. The molecule has 0 aliphatic heterocycles. The molecule has 0 aliphatic rings. The van der Waals surface area contributed by atoms with Gasteiger partial charge in [0.05, 0.1) is 0 Å². The number of rotatable bonds is 2. The number of hydrogen-bond acceptors (Lipinski definition) is 2. The Balaban J connectivity index is 3.00. The number of halogens is 3. The van der Waals surface area contributed by atoms with Crippen LogP contribution in [0.1, 0.15) is 0 Å². The van der Waals surface area contributed by atoms with E-state index in [4.69, 9.17) is 11.9 Å². The summed E-state index contributed by atoms with van der Waals surface area (Å²) in [6, 6.07) is 0. The Hall–Kier alpha value is 1.22. The summed E-state index contributed by atoms with van der Waals surface area (Å²) in [6.07, 6.45) is 0. The third-order valence-electron chi connectivity index (χ3n) is 0.246. The number of carbonyl (C=O) groups is 1.